The molecule has 0 saturated carbocycles. The molecule has 3 N–H and O–H groups in total. The maximum absolute atomic E-state index is 10.1. The van der Waals surface area contributed by atoms with Crippen molar-refractivity contribution in [3.63, 3.8) is 0 Å². The van der Waals surface area contributed by atoms with E-state index in [4.69, 9.17) is 17.3 Å². The van der Waals surface area contributed by atoms with Crippen LogP contribution in [0.1, 0.15) is 31.4 Å². The Labute approximate surface area is 148 Å². The molecular formula is C15H23ClIN3O. The number of guanidine groups is 1. The topological polar surface area (TPSA) is 61.8 Å². The van der Waals surface area contributed by atoms with Gasteiger partial charge in [0.2, 0.25) is 0 Å². The standard InChI is InChI=1S/C15H22ClN3O.HI/c1-11-3-2-8-19(10-11)15(17)18-9-14(20)12-4-6-13(16)7-5-12;/h4-7,11,14,20H,2-3,8-10H2,1H3,(H2,17,18);1H. The smallest absolute Gasteiger partial charge is 0.191 e. The molecule has 6 heteroatoms. The van der Waals surface area contributed by atoms with Gasteiger partial charge in [0.1, 0.15) is 0 Å². The highest BCUT2D eigenvalue weighted by atomic mass is 127. The highest BCUT2D eigenvalue weighted by molar-refractivity contribution is 14.0. The summed E-state index contributed by atoms with van der Waals surface area (Å²) < 4.78 is 0. The third kappa shape index (κ3) is 5.64. The molecule has 0 aromatic heterocycles. The highest BCUT2D eigenvalue weighted by Crippen LogP contribution is 2.18. The van der Waals surface area contributed by atoms with E-state index in [9.17, 15) is 5.11 Å². The predicted molar refractivity (Wildman–Crippen MR) is 98.3 cm³/mol. The van der Waals surface area contributed by atoms with E-state index in [1.54, 1.807) is 12.1 Å². The first-order chi connectivity index (χ1) is 9.56. The Morgan fingerprint density at radius 1 is 1.48 bits per heavy atom. The fourth-order valence-electron chi connectivity index (χ4n) is 2.47. The average molecular weight is 424 g/mol. The lowest BCUT2D eigenvalue weighted by molar-refractivity contribution is 0.186. The molecule has 1 fully saturated rings. The van der Waals surface area contributed by atoms with Crippen LogP contribution in [0, 0.1) is 5.92 Å². The second kappa shape index (κ2) is 8.80. The maximum atomic E-state index is 10.1. The van der Waals surface area contributed by atoms with Gasteiger partial charge >= 0.3 is 0 Å². The van der Waals surface area contributed by atoms with Gasteiger partial charge < -0.3 is 15.7 Å². The number of rotatable bonds is 3. The molecule has 0 aliphatic carbocycles. The quantitative estimate of drug-likeness (QED) is 0.446. The molecule has 1 saturated heterocycles. The van der Waals surface area contributed by atoms with Gasteiger partial charge in [-0.05, 0) is 36.5 Å². The normalized spacial score (nSPS) is 20.8. The van der Waals surface area contributed by atoms with Crippen molar-refractivity contribution in [1.29, 1.82) is 0 Å². The number of hydrogen-bond acceptors (Lipinski definition) is 2. The maximum Gasteiger partial charge on any atom is 0.191 e. The van der Waals surface area contributed by atoms with Gasteiger partial charge in [0.15, 0.2) is 5.96 Å². The van der Waals surface area contributed by atoms with Gasteiger partial charge in [-0.25, -0.2) is 0 Å². The molecule has 1 heterocycles. The van der Waals surface area contributed by atoms with Crippen LogP contribution in [0.3, 0.4) is 0 Å². The van der Waals surface area contributed by atoms with Gasteiger partial charge in [-0.2, -0.15) is 0 Å². The Hall–Kier alpha value is -0.530. The second-order valence-electron chi connectivity index (χ2n) is 5.46. The number of piperidine rings is 1. The monoisotopic (exact) mass is 423 g/mol. The van der Waals surface area contributed by atoms with Crippen molar-refractivity contribution in [3.8, 4) is 0 Å². The van der Waals surface area contributed by atoms with Gasteiger partial charge in [-0.15, -0.1) is 24.0 Å². The van der Waals surface area contributed by atoms with Crippen LogP contribution in [-0.4, -0.2) is 35.6 Å². The summed E-state index contributed by atoms with van der Waals surface area (Å²) >= 11 is 5.82. The first-order valence-electron chi connectivity index (χ1n) is 7.04. The number of halogens is 2. The van der Waals surface area contributed by atoms with Crippen LogP contribution in [0.5, 0.6) is 0 Å². The molecule has 0 spiro atoms. The van der Waals surface area contributed by atoms with E-state index in [-0.39, 0.29) is 30.5 Å². The van der Waals surface area contributed by atoms with Crippen LogP contribution >= 0.6 is 35.6 Å². The molecule has 2 rings (SSSR count). The van der Waals surface area contributed by atoms with E-state index in [0.717, 1.165) is 25.1 Å². The number of aliphatic imine (C=N–C) groups is 1. The summed E-state index contributed by atoms with van der Waals surface area (Å²) in [4.78, 5) is 6.42. The Morgan fingerprint density at radius 3 is 2.76 bits per heavy atom. The Bertz CT molecular complexity index is 466. The van der Waals surface area contributed by atoms with Crippen molar-refractivity contribution in [2.45, 2.75) is 25.9 Å². The molecule has 1 aliphatic heterocycles. The molecule has 2 unspecified atom stereocenters. The van der Waals surface area contributed by atoms with Gasteiger partial charge in [-0.3, -0.25) is 4.99 Å². The minimum absolute atomic E-state index is 0. The van der Waals surface area contributed by atoms with E-state index in [1.807, 2.05) is 12.1 Å². The van der Waals surface area contributed by atoms with E-state index in [0.29, 0.717) is 16.9 Å². The lowest BCUT2D eigenvalue weighted by atomic mass is 10.0. The van der Waals surface area contributed by atoms with Gasteiger partial charge in [-0.1, -0.05) is 30.7 Å². The van der Waals surface area contributed by atoms with E-state index < -0.39 is 6.10 Å². The van der Waals surface area contributed by atoms with Crippen LogP contribution < -0.4 is 5.73 Å². The molecule has 0 amide bonds. The second-order valence-corrected chi connectivity index (χ2v) is 5.90. The van der Waals surface area contributed by atoms with Crippen LogP contribution in [0.15, 0.2) is 29.3 Å². The number of nitrogens with zero attached hydrogens (tertiary/aromatic N) is 2. The first-order valence-corrected chi connectivity index (χ1v) is 7.42. The third-order valence-electron chi connectivity index (χ3n) is 3.66. The number of aliphatic hydroxyl groups is 1. The van der Waals surface area contributed by atoms with E-state index in [2.05, 4.69) is 16.8 Å². The molecule has 0 radical (unpaired) electrons. The lowest BCUT2D eigenvalue weighted by Crippen LogP contribution is -2.43. The number of benzene rings is 1. The number of likely N-dealkylation sites (tertiary alicyclic amines) is 1. The summed E-state index contributed by atoms with van der Waals surface area (Å²) in [5.41, 5.74) is 6.81. The molecule has 21 heavy (non-hydrogen) atoms. The average Bonchev–Trinajstić information content (AvgIpc) is 2.45. The SMILES string of the molecule is CC1CCCN(C(N)=NCC(O)c2ccc(Cl)cc2)C1.I. The van der Waals surface area contributed by atoms with Gasteiger partial charge in [0.05, 0.1) is 12.6 Å². The Morgan fingerprint density at radius 2 is 2.14 bits per heavy atom. The van der Waals surface area contributed by atoms with E-state index in [1.165, 1.54) is 6.42 Å². The Balaban J connectivity index is 0.00000220. The van der Waals surface area contributed by atoms with Gasteiger partial charge in [0.25, 0.3) is 0 Å². The number of aliphatic hydroxyl groups excluding tert-OH is 1. The van der Waals surface area contributed by atoms with Crippen LogP contribution in [0.2, 0.25) is 5.02 Å². The summed E-state index contributed by atoms with van der Waals surface area (Å²) in [6.45, 7) is 4.41. The van der Waals surface area contributed by atoms with Gasteiger partial charge in [0, 0.05) is 18.1 Å². The van der Waals surface area contributed by atoms with Crippen molar-refractivity contribution >= 4 is 41.5 Å². The highest BCUT2D eigenvalue weighted by Gasteiger charge is 2.18. The number of hydrogen-bond donors (Lipinski definition) is 2. The summed E-state index contributed by atoms with van der Waals surface area (Å²) in [5, 5.41) is 10.7. The molecule has 0 bridgehead atoms. The molecular weight excluding hydrogens is 401 g/mol. The van der Waals surface area contributed by atoms with Crippen molar-refractivity contribution in [3.05, 3.63) is 34.9 Å². The summed E-state index contributed by atoms with van der Waals surface area (Å²) in [5.74, 6) is 1.18. The molecule has 4 nitrogen and oxygen atoms in total. The molecule has 118 valence electrons. The van der Waals surface area contributed by atoms with Crippen molar-refractivity contribution in [2.75, 3.05) is 19.6 Å². The van der Waals surface area contributed by atoms with Crippen molar-refractivity contribution in [2.24, 2.45) is 16.6 Å². The summed E-state index contributed by atoms with van der Waals surface area (Å²) in [6, 6.07) is 7.14. The minimum atomic E-state index is -0.645. The van der Waals surface area contributed by atoms with E-state index >= 15 is 0 Å². The lowest BCUT2D eigenvalue weighted by Gasteiger charge is -2.31. The van der Waals surface area contributed by atoms with Crippen LogP contribution in [0.25, 0.3) is 0 Å². The number of nitrogens with two attached hydrogens (primary N) is 1. The largest absolute Gasteiger partial charge is 0.386 e. The minimum Gasteiger partial charge on any atom is -0.386 e. The van der Waals surface area contributed by atoms with Crippen LogP contribution in [-0.2, 0) is 0 Å². The molecule has 1 aromatic carbocycles. The summed E-state index contributed by atoms with van der Waals surface area (Å²) in [6.07, 6.45) is 1.75. The third-order valence-corrected chi connectivity index (χ3v) is 3.91. The Kier molecular flexibility index (Phi) is 7.76. The zero-order valence-corrected chi connectivity index (χ0v) is 15.3. The first kappa shape index (κ1) is 18.5. The molecule has 1 aromatic rings. The molecule has 1 aliphatic rings. The predicted octanol–water partition coefficient (Wildman–Crippen LogP) is 3.04. The zero-order valence-electron chi connectivity index (χ0n) is 12.2. The van der Waals surface area contributed by atoms with Crippen molar-refractivity contribution in [1.82, 2.24) is 4.90 Å². The van der Waals surface area contributed by atoms with Crippen LogP contribution in [0.4, 0.5) is 0 Å². The van der Waals surface area contributed by atoms with Crippen molar-refractivity contribution < 1.29 is 5.11 Å². The summed E-state index contributed by atoms with van der Waals surface area (Å²) in [7, 11) is 0. The fraction of sp³-hybridized carbons (Fsp3) is 0.533. The fourth-order valence-corrected chi connectivity index (χ4v) is 2.59. The molecule has 2 atom stereocenters. The zero-order chi connectivity index (χ0) is 14.5.